The van der Waals surface area contributed by atoms with Gasteiger partial charge in [0.2, 0.25) is 0 Å². The van der Waals surface area contributed by atoms with Crippen LogP contribution in [0.3, 0.4) is 0 Å². The summed E-state index contributed by atoms with van der Waals surface area (Å²) in [6.07, 6.45) is 42.7. The van der Waals surface area contributed by atoms with Crippen molar-refractivity contribution in [1.82, 2.24) is 0 Å². The number of aliphatic hydroxyl groups is 2. The highest BCUT2D eigenvalue weighted by Crippen LogP contribution is 2.43. The first-order valence-corrected chi connectivity index (χ1v) is 23.3. The number of aliphatic hydroxyl groups excluding tert-OH is 2. The topological polar surface area (TPSA) is 166 Å². The molecule has 0 aromatic carbocycles. The number of ether oxygens (including phenoxy) is 2. The largest absolute Gasteiger partial charge is 0.472 e. The van der Waals surface area contributed by atoms with E-state index in [1.54, 1.807) is 12.2 Å². The first kappa shape index (κ1) is 55.1. The smallest absolute Gasteiger partial charge is 0.462 e. The van der Waals surface area contributed by atoms with E-state index in [1.807, 2.05) is 12.2 Å². The average molecular weight is 837 g/mol. The van der Waals surface area contributed by atoms with Crippen LogP contribution in [0, 0.1) is 0 Å². The fourth-order valence-electron chi connectivity index (χ4n) is 5.37. The molecule has 0 spiro atoms. The monoisotopic (exact) mass is 837 g/mol. The van der Waals surface area contributed by atoms with E-state index in [0.717, 1.165) is 89.9 Å². The van der Waals surface area contributed by atoms with E-state index in [2.05, 4.69) is 67.0 Å². The van der Waals surface area contributed by atoms with Crippen LogP contribution in [-0.4, -0.2) is 71.5 Å². The van der Waals surface area contributed by atoms with Gasteiger partial charge in [0.15, 0.2) is 11.9 Å². The Morgan fingerprint density at radius 1 is 0.569 bits per heavy atom. The summed E-state index contributed by atoms with van der Waals surface area (Å²) in [7, 11) is -4.65. The van der Waals surface area contributed by atoms with Gasteiger partial charge in [-0.25, -0.2) is 4.57 Å². The highest BCUT2D eigenvalue weighted by Gasteiger charge is 2.27. The van der Waals surface area contributed by atoms with Gasteiger partial charge < -0.3 is 24.6 Å². The normalized spacial score (nSPS) is 14.4. The summed E-state index contributed by atoms with van der Waals surface area (Å²) in [5.41, 5.74) is 0. The number of hydrogen-bond donors (Lipinski definition) is 3. The summed E-state index contributed by atoms with van der Waals surface area (Å²) in [6.45, 7) is 2.09. The van der Waals surface area contributed by atoms with Crippen molar-refractivity contribution in [2.24, 2.45) is 0 Å². The van der Waals surface area contributed by atoms with Crippen LogP contribution >= 0.6 is 7.82 Å². The van der Waals surface area contributed by atoms with Gasteiger partial charge in [0.1, 0.15) is 12.7 Å². The van der Waals surface area contributed by atoms with Crippen LogP contribution in [0.15, 0.2) is 72.9 Å². The minimum Gasteiger partial charge on any atom is -0.462 e. The van der Waals surface area contributed by atoms with Gasteiger partial charge in [-0.2, -0.15) is 0 Å². The summed E-state index contributed by atoms with van der Waals surface area (Å²) >= 11 is 0. The first-order valence-electron chi connectivity index (χ1n) is 21.8. The first-order chi connectivity index (χ1) is 28.1. The molecule has 11 nitrogen and oxygen atoms in total. The molecule has 0 saturated heterocycles. The van der Waals surface area contributed by atoms with Gasteiger partial charge in [-0.1, -0.05) is 132 Å². The number of esters is 2. The van der Waals surface area contributed by atoms with E-state index in [-0.39, 0.29) is 25.2 Å². The second kappa shape index (κ2) is 40.8. The minimum absolute atomic E-state index is 0.122. The Kier molecular flexibility index (Phi) is 38.8. The molecular formula is C46H77O11P. The van der Waals surface area contributed by atoms with Crippen molar-refractivity contribution in [3.63, 3.8) is 0 Å². The molecule has 58 heavy (non-hydrogen) atoms. The SMILES string of the molecule is CCCCC/C=C\C/C=C\C/C=C\C/C=C\CCCCCC(=O)OC[C@H](COP(=O)(O)OC[C@@H](O)CO)OC(=O)CCCCCCC/C=C\C=C\C(=O)CCCCC. The number of phosphoric ester groups is 1. The lowest BCUT2D eigenvalue weighted by Gasteiger charge is -2.20. The molecule has 0 fully saturated rings. The Bertz CT molecular complexity index is 1250. The molecule has 0 aromatic heterocycles. The van der Waals surface area contributed by atoms with Gasteiger partial charge in [-0.3, -0.25) is 23.4 Å². The molecule has 332 valence electrons. The number of carbonyl (C=O) groups is 3. The lowest BCUT2D eigenvalue weighted by molar-refractivity contribution is -0.161. The molecular weight excluding hydrogens is 759 g/mol. The molecule has 0 aliphatic heterocycles. The summed E-state index contributed by atoms with van der Waals surface area (Å²) in [4.78, 5) is 46.7. The van der Waals surface area contributed by atoms with E-state index < -0.39 is 51.8 Å². The van der Waals surface area contributed by atoms with Gasteiger partial charge in [0.25, 0.3) is 0 Å². The third-order valence-electron chi connectivity index (χ3n) is 8.81. The Morgan fingerprint density at radius 3 is 1.67 bits per heavy atom. The van der Waals surface area contributed by atoms with Gasteiger partial charge in [-0.15, -0.1) is 0 Å². The van der Waals surface area contributed by atoms with Crippen LogP contribution in [0.4, 0.5) is 0 Å². The maximum Gasteiger partial charge on any atom is 0.472 e. The quantitative estimate of drug-likeness (QED) is 0.0134. The van der Waals surface area contributed by atoms with Crippen LogP contribution in [0.2, 0.25) is 0 Å². The highest BCUT2D eigenvalue weighted by molar-refractivity contribution is 7.47. The zero-order valence-corrected chi connectivity index (χ0v) is 36.6. The van der Waals surface area contributed by atoms with Crippen molar-refractivity contribution in [2.75, 3.05) is 26.4 Å². The summed E-state index contributed by atoms with van der Waals surface area (Å²) < 4.78 is 32.6. The average Bonchev–Trinajstić information content (AvgIpc) is 3.20. The van der Waals surface area contributed by atoms with Gasteiger partial charge >= 0.3 is 19.8 Å². The van der Waals surface area contributed by atoms with Crippen LogP contribution < -0.4 is 0 Å². The Balaban J connectivity index is 4.43. The zero-order valence-electron chi connectivity index (χ0n) is 35.7. The molecule has 0 amide bonds. The predicted molar refractivity (Wildman–Crippen MR) is 233 cm³/mol. The molecule has 0 aliphatic carbocycles. The molecule has 0 aliphatic rings. The Hall–Kier alpha value is -2.92. The zero-order chi connectivity index (χ0) is 42.8. The second-order valence-electron chi connectivity index (χ2n) is 14.4. The Morgan fingerprint density at radius 2 is 1.05 bits per heavy atom. The lowest BCUT2D eigenvalue weighted by Crippen LogP contribution is -2.29. The molecule has 3 atom stereocenters. The van der Waals surface area contributed by atoms with Crippen molar-refractivity contribution in [2.45, 2.75) is 174 Å². The Labute approximate surface area is 350 Å². The molecule has 12 heteroatoms. The fraction of sp³-hybridized carbons (Fsp3) is 0.674. The van der Waals surface area contributed by atoms with E-state index >= 15 is 0 Å². The molecule has 0 radical (unpaired) electrons. The van der Waals surface area contributed by atoms with Crippen molar-refractivity contribution < 1.29 is 52.6 Å². The van der Waals surface area contributed by atoms with E-state index in [4.69, 9.17) is 19.1 Å². The summed E-state index contributed by atoms with van der Waals surface area (Å²) in [5.74, 6) is -0.871. The van der Waals surface area contributed by atoms with Gasteiger partial charge in [-0.05, 0) is 83.1 Å². The van der Waals surface area contributed by atoms with Crippen LogP contribution in [0.5, 0.6) is 0 Å². The molecule has 0 heterocycles. The molecule has 0 bridgehead atoms. The number of allylic oxidation sites excluding steroid dienone is 12. The fourth-order valence-corrected chi connectivity index (χ4v) is 6.16. The molecule has 3 N–H and O–H groups in total. The van der Waals surface area contributed by atoms with Gasteiger partial charge in [0.05, 0.1) is 19.8 Å². The van der Waals surface area contributed by atoms with E-state index in [9.17, 15) is 28.9 Å². The number of rotatable bonds is 40. The van der Waals surface area contributed by atoms with Crippen molar-refractivity contribution in [3.8, 4) is 0 Å². The van der Waals surface area contributed by atoms with Crippen LogP contribution in [0.1, 0.15) is 162 Å². The second-order valence-corrected chi connectivity index (χ2v) is 15.8. The van der Waals surface area contributed by atoms with Crippen molar-refractivity contribution in [3.05, 3.63) is 72.9 Å². The summed E-state index contributed by atoms with van der Waals surface area (Å²) in [5, 5.41) is 18.3. The third-order valence-corrected chi connectivity index (χ3v) is 9.76. The number of hydrogen-bond acceptors (Lipinski definition) is 10. The minimum atomic E-state index is -4.65. The molecule has 0 saturated carbocycles. The molecule has 0 aromatic rings. The van der Waals surface area contributed by atoms with E-state index in [1.165, 1.54) is 25.7 Å². The van der Waals surface area contributed by atoms with Crippen LogP contribution in [0.25, 0.3) is 0 Å². The highest BCUT2D eigenvalue weighted by atomic mass is 31.2. The standard InChI is InChI=1S/C46H77O11P/c1-3-5-7-8-9-10-11-12-13-14-15-16-17-18-19-22-25-28-32-36-45(50)54-40-44(41-56-58(52,53)55-39-43(49)38-47)57-46(51)37-33-29-26-23-20-21-24-27-31-35-42(48)34-30-6-4-2/h9-10,12-13,15-16,18-19,24,27,31,35,43-44,47,49H,3-8,11,14,17,20-23,25-26,28-30,32-34,36-41H2,1-2H3,(H,52,53)/b10-9-,13-12-,16-15-,19-18-,27-24-,35-31+/t43-,44+/m0/s1. The molecule has 0 rings (SSSR count). The van der Waals surface area contributed by atoms with Gasteiger partial charge in [0, 0.05) is 19.3 Å². The lowest BCUT2D eigenvalue weighted by atomic mass is 10.1. The molecule has 1 unspecified atom stereocenters. The maximum absolute atomic E-state index is 12.6. The number of phosphoric acid groups is 1. The number of ketones is 1. The summed E-state index contributed by atoms with van der Waals surface area (Å²) in [6, 6.07) is 0. The number of unbranched alkanes of at least 4 members (excludes halogenated alkanes) is 13. The number of carbonyl (C=O) groups excluding carboxylic acids is 3. The van der Waals surface area contributed by atoms with E-state index in [0.29, 0.717) is 19.3 Å². The predicted octanol–water partition coefficient (Wildman–Crippen LogP) is 10.8. The third kappa shape index (κ3) is 39.9. The maximum atomic E-state index is 12.6. The van der Waals surface area contributed by atoms with Crippen molar-refractivity contribution in [1.29, 1.82) is 0 Å². The van der Waals surface area contributed by atoms with Crippen molar-refractivity contribution >= 4 is 25.5 Å². The van der Waals surface area contributed by atoms with Crippen LogP contribution in [-0.2, 0) is 37.5 Å².